The number of benzene rings is 4. The van der Waals surface area contributed by atoms with E-state index in [0.29, 0.717) is 11.5 Å². The van der Waals surface area contributed by atoms with Crippen molar-refractivity contribution in [2.45, 2.75) is 20.6 Å². The molecule has 1 amide bonds. The van der Waals surface area contributed by atoms with Gasteiger partial charge in [0, 0.05) is 18.3 Å². The Labute approximate surface area is 230 Å². The standard InChI is InChI=1S/C31H26N4O5/c1-21-8-9-22(2)30(16-21)40-28-18-25(17-26(19-28)35(37)38)32-31(36)29-14-15-34(33-29)20-39-27-12-10-24(11-13-27)23-6-4-3-5-7-23/h3-19H,20H2,1-2H3,(H,32,36). The third-order valence-corrected chi connectivity index (χ3v) is 6.13. The maximum Gasteiger partial charge on any atom is 0.276 e. The van der Waals surface area contributed by atoms with E-state index in [1.54, 1.807) is 12.3 Å². The Kier molecular flexibility index (Phi) is 7.54. The first-order chi connectivity index (χ1) is 19.3. The van der Waals surface area contributed by atoms with Crippen molar-refractivity contribution in [3.63, 3.8) is 0 Å². The molecule has 5 aromatic rings. The van der Waals surface area contributed by atoms with Gasteiger partial charge >= 0.3 is 0 Å². The summed E-state index contributed by atoms with van der Waals surface area (Å²) in [6, 6.07) is 29.1. The van der Waals surface area contributed by atoms with E-state index in [2.05, 4.69) is 10.4 Å². The van der Waals surface area contributed by atoms with Crippen LogP contribution in [0.3, 0.4) is 0 Å². The molecule has 0 atom stereocenters. The molecule has 0 unspecified atom stereocenters. The molecule has 0 aliphatic carbocycles. The molecule has 0 fully saturated rings. The fourth-order valence-corrected chi connectivity index (χ4v) is 4.03. The third kappa shape index (κ3) is 6.33. The van der Waals surface area contributed by atoms with Crippen molar-refractivity contribution >= 4 is 17.3 Å². The molecule has 9 nitrogen and oxygen atoms in total. The second kappa shape index (κ2) is 11.5. The van der Waals surface area contributed by atoms with Gasteiger partial charge in [-0.05, 0) is 60.4 Å². The molecule has 0 aliphatic rings. The predicted octanol–water partition coefficient (Wildman–Crippen LogP) is 7.16. The lowest BCUT2D eigenvalue weighted by Crippen LogP contribution is -2.14. The zero-order valence-electron chi connectivity index (χ0n) is 21.9. The van der Waals surface area contributed by atoms with Gasteiger partial charge in [0.1, 0.15) is 17.2 Å². The molecular weight excluding hydrogens is 508 g/mol. The van der Waals surface area contributed by atoms with E-state index in [1.807, 2.05) is 86.6 Å². The number of anilines is 1. The number of ether oxygens (including phenoxy) is 2. The van der Waals surface area contributed by atoms with Crippen LogP contribution in [0.2, 0.25) is 0 Å². The number of hydrogen-bond acceptors (Lipinski definition) is 6. The number of rotatable bonds is 9. The van der Waals surface area contributed by atoms with Crippen LogP contribution in [0.15, 0.2) is 103 Å². The first-order valence-electron chi connectivity index (χ1n) is 12.5. The monoisotopic (exact) mass is 534 g/mol. The smallest absolute Gasteiger partial charge is 0.276 e. The zero-order valence-corrected chi connectivity index (χ0v) is 21.9. The Morgan fingerprint density at radius 2 is 1.65 bits per heavy atom. The molecular formula is C31H26N4O5. The van der Waals surface area contributed by atoms with Crippen LogP contribution < -0.4 is 14.8 Å². The van der Waals surface area contributed by atoms with Gasteiger partial charge < -0.3 is 14.8 Å². The number of carbonyl (C=O) groups excluding carboxylic acids is 1. The summed E-state index contributed by atoms with van der Waals surface area (Å²) >= 11 is 0. The first kappa shape index (κ1) is 26.2. The fourth-order valence-electron chi connectivity index (χ4n) is 4.03. The number of nitrogens with zero attached hydrogens (tertiary/aromatic N) is 3. The van der Waals surface area contributed by atoms with Crippen molar-refractivity contribution in [1.82, 2.24) is 9.78 Å². The molecule has 0 bridgehead atoms. The van der Waals surface area contributed by atoms with Gasteiger partial charge in [-0.3, -0.25) is 14.9 Å². The number of amides is 1. The molecule has 1 aromatic heterocycles. The molecule has 0 saturated heterocycles. The van der Waals surface area contributed by atoms with Gasteiger partial charge in [-0.2, -0.15) is 5.10 Å². The van der Waals surface area contributed by atoms with Crippen molar-refractivity contribution in [1.29, 1.82) is 0 Å². The van der Waals surface area contributed by atoms with Gasteiger partial charge in [0.25, 0.3) is 11.6 Å². The molecule has 1 N–H and O–H groups in total. The highest BCUT2D eigenvalue weighted by Gasteiger charge is 2.16. The Morgan fingerprint density at radius 3 is 2.40 bits per heavy atom. The maximum absolute atomic E-state index is 12.9. The predicted molar refractivity (Wildman–Crippen MR) is 152 cm³/mol. The van der Waals surface area contributed by atoms with E-state index in [1.165, 1.54) is 22.9 Å². The van der Waals surface area contributed by atoms with Gasteiger partial charge in [-0.25, -0.2) is 4.68 Å². The van der Waals surface area contributed by atoms with Crippen LogP contribution in [0.25, 0.3) is 11.1 Å². The van der Waals surface area contributed by atoms with Crippen molar-refractivity contribution in [3.05, 3.63) is 130 Å². The number of nitrogens with one attached hydrogen (secondary N) is 1. The van der Waals surface area contributed by atoms with Gasteiger partial charge in [0.05, 0.1) is 16.7 Å². The third-order valence-electron chi connectivity index (χ3n) is 6.13. The quantitative estimate of drug-likeness (QED) is 0.159. The van der Waals surface area contributed by atoms with E-state index >= 15 is 0 Å². The summed E-state index contributed by atoms with van der Waals surface area (Å²) in [4.78, 5) is 23.9. The second-order valence-corrected chi connectivity index (χ2v) is 9.20. The molecule has 9 heteroatoms. The molecule has 0 aliphatic heterocycles. The van der Waals surface area contributed by atoms with Gasteiger partial charge in [0.15, 0.2) is 12.4 Å². The lowest BCUT2D eigenvalue weighted by atomic mass is 10.1. The SMILES string of the molecule is Cc1ccc(C)c(Oc2cc(NC(=O)c3ccn(COc4ccc(-c5ccccc5)cc4)n3)cc([N+](=O)[O-])c2)c1. The van der Waals surface area contributed by atoms with Crippen molar-refractivity contribution in [2.24, 2.45) is 0 Å². The Balaban J connectivity index is 1.24. The van der Waals surface area contributed by atoms with Crippen LogP contribution in [0.5, 0.6) is 17.2 Å². The number of nitro benzene ring substituents is 1. The number of non-ortho nitro benzene ring substituents is 1. The van der Waals surface area contributed by atoms with Crippen LogP contribution in [0, 0.1) is 24.0 Å². The Morgan fingerprint density at radius 1 is 0.900 bits per heavy atom. The van der Waals surface area contributed by atoms with Crippen molar-refractivity contribution in [2.75, 3.05) is 5.32 Å². The fraction of sp³-hybridized carbons (Fsp3) is 0.0968. The molecule has 40 heavy (non-hydrogen) atoms. The summed E-state index contributed by atoms with van der Waals surface area (Å²) in [6.07, 6.45) is 1.62. The summed E-state index contributed by atoms with van der Waals surface area (Å²) in [5.41, 5.74) is 4.19. The average Bonchev–Trinajstić information content (AvgIpc) is 3.44. The summed E-state index contributed by atoms with van der Waals surface area (Å²) in [6.45, 7) is 3.91. The zero-order chi connectivity index (χ0) is 28.1. The normalized spacial score (nSPS) is 10.7. The van der Waals surface area contributed by atoms with Gasteiger partial charge in [0.2, 0.25) is 0 Å². The Bertz CT molecular complexity index is 1660. The molecule has 0 radical (unpaired) electrons. The average molecular weight is 535 g/mol. The Hall–Kier alpha value is -5.44. The number of hydrogen-bond donors (Lipinski definition) is 1. The van der Waals surface area contributed by atoms with Crippen LogP contribution >= 0.6 is 0 Å². The number of aryl methyl sites for hydroxylation is 2. The second-order valence-electron chi connectivity index (χ2n) is 9.20. The molecule has 4 aromatic carbocycles. The first-order valence-corrected chi connectivity index (χ1v) is 12.5. The lowest BCUT2D eigenvalue weighted by molar-refractivity contribution is -0.384. The van der Waals surface area contributed by atoms with Gasteiger partial charge in [-0.1, -0.05) is 54.6 Å². The highest BCUT2D eigenvalue weighted by Crippen LogP contribution is 2.32. The minimum absolute atomic E-state index is 0.0998. The van der Waals surface area contributed by atoms with E-state index in [0.717, 1.165) is 22.3 Å². The molecule has 5 rings (SSSR count). The molecule has 0 saturated carbocycles. The summed E-state index contributed by atoms with van der Waals surface area (Å²) in [5, 5.41) is 18.5. The van der Waals surface area contributed by atoms with Crippen molar-refractivity contribution in [3.8, 4) is 28.4 Å². The minimum Gasteiger partial charge on any atom is -0.471 e. The molecule has 0 spiro atoms. The molecule has 200 valence electrons. The lowest BCUT2D eigenvalue weighted by Gasteiger charge is -2.11. The van der Waals surface area contributed by atoms with E-state index in [9.17, 15) is 14.9 Å². The highest BCUT2D eigenvalue weighted by molar-refractivity contribution is 6.03. The van der Waals surface area contributed by atoms with Crippen LogP contribution in [-0.4, -0.2) is 20.6 Å². The highest BCUT2D eigenvalue weighted by atomic mass is 16.6. The summed E-state index contributed by atoms with van der Waals surface area (Å²) in [5.74, 6) is 0.944. The minimum atomic E-state index is -0.538. The topological polar surface area (TPSA) is 109 Å². The van der Waals surface area contributed by atoms with E-state index < -0.39 is 10.8 Å². The van der Waals surface area contributed by atoms with Crippen LogP contribution in [-0.2, 0) is 6.73 Å². The largest absolute Gasteiger partial charge is 0.471 e. The summed E-state index contributed by atoms with van der Waals surface area (Å²) in [7, 11) is 0. The number of carbonyl (C=O) groups is 1. The maximum atomic E-state index is 12.9. The summed E-state index contributed by atoms with van der Waals surface area (Å²) < 4.78 is 13.2. The van der Waals surface area contributed by atoms with Crippen LogP contribution in [0.4, 0.5) is 11.4 Å². The van der Waals surface area contributed by atoms with Crippen LogP contribution in [0.1, 0.15) is 21.6 Å². The van der Waals surface area contributed by atoms with Crippen molar-refractivity contribution < 1.29 is 19.2 Å². The number of nitro groups is 1. The number of aromatic nitrogens is 2. The molecule has 1 heterocycles. The van der Waals surface area contributed by atoms with E-state index in [4.69, 9.17) is 9.47 Å². The van der Waals surface area contributed by atoms with Gasteiger partial charge in [-0.15, -0.1) is 0 Å². The van der Waals surface area contributed by atoms with E-state index in [-0.39, 0.29) is 29.5 Å².